The van der Waals surface area contributed by atoms with E-state index >= 15 is 0 Å². The molecule has 5 heteroatoms. The minimum atomic E-state index is -1.02. The van der Waals surface area contributed by atoms with Crippen LogP contribution in [0.25, 0.3) is 0 Å². The Morgan fingerprint density at radius 2 is 1.13 bits per heavy atom. The highest BCUT2D eigenvalue weighted by molar-refractivity contribution is 5.88. The molecule has 0 fully saturated rings. The molecule has 0 atom stereocenters. The number of halogens is 1. The monoisotopic (exact) mass is 437 g/mol. The SMILES string of the molecule is Cl.NCC(=O)CC(Cc1ccccc1)(Cc1ccccc1)C(=O)OCc1ccccc1. The highest BCUT2D eigenvalue weighted by atomic mass is 35.5. The van der Waals surface area contributed by atoms with E-state index in [9.17, 15) is 9.59 Å². The zero-order valence-corrected chi connectivity index (χ0v) is 18.2. The van der Waals surface area contributed by atoms with Crippen LogP contribution < -0.4 is 5.73 Å². The summed E-state index contributed by atoms with van der Waals surface area (Å²) in [5, 5.41) is 0. The van der Waals surface area contributed by atoms with Gasteiger partial charge in [-0.1, -0.05) is 91.0 Å². The van der Waals surface area contributed by atoms with Gasteiger partial charge in [0.05, 0.1) is 12.0 Å². The Morgan fingerprint density at radius 1 is 0.710 bits per heavy atom. The summed E-state index contributed by atoms with van der Waals surface area (Å²) in [6.07, 6.45) is 0.852. The standard InChI is InChI=1S/C26H27NO3.ClH/c27-19-24(28)18-26(16-21-10-4-1-5-11-21,17-22-12-6-2-7-13-22)25(29)30-20-23-14-8-3-9-15-23;/h1-15H,16-20,27H2;1H. The number of hydrogen-bond acceptors (Lipinski definition) is 4. The zero-order chi connectivity index (χ0) is 21.2. The molecule has 0 unspecified atom stereocenters. The normalized spacial score (nSPS) is 10.7. The molecule has 0 aliphatic rings. The van der Waals surface area contributed by atoms with E-state index in [2.05, 4.69) is 0 Å². The van der Waals surface area contributed by atoms with Gasteiger partial charge in [-0.3, -0.25) is 9.59 Å². The van der Waals surface area contributed by atoms with Crippen molar-refractivity contribution in [3.63, 3.8) is 0 Å². The Morgan fingerprint density at radius 3 is 1.55 bits per heavy atom. The predicted octanol–water partition coefficient (Wildman–Crippen LogP) is 4.54. The summed E-state index contributed by atoms with van der Waals surface area (Å²) in [5.41, 5.74) is 7.48. The molecule has 0 aliphatic carbocycles. The molecule has 0 radical (unpaired) electrons. The summed E-state index contributed by atoms with van der Waals surface area (Å²) in [5.74, 6) is -0.528. The molecule has 0 amide bonds. The minimum Gasteiger partial charge on any atom is -0.460 e. The average Bonchev–Trinajstić information content (AvgIpc) is 2.79. The number of benzene rings is 3. The fourth-order valence-electron chi connectivity index (χ4n) is 3.70. The van der Waals surface area contributed by atoms with Crippen molar-refractivity contribution in [2.75, 3.05) is 6.54 Å². The van der Waals surface area contributed by atoms with Crippen LogP contribution in [0, 0.1) is 5.41 Å². The van der Waals surface area contributed by atoms with Crippen LogP contribution in [0.1, 0.15) is 23.1 Å². The molecule has 3 aromatic carbocycles. The number of carbonyl (C=O) groups is 2. The van der Waals surface area contributed by atoms with Crippen LogP contribution in [-0.2, 0) is 33.8 Å². The Bertz CT molecular complexity index is 905. The number of carbonyl (C=O) groups excluding carboxylic acids is 2. The smallest absolute Gasteiger partial charge is 0.313 e. The van der Waals surface area contributed by atoms with Gasteiger partial charge in [0.1, 0.15) is 12.4 Å². The fraction of sp³-hybridized carbons (Fsp3) is 0.231. The maximum Gasteiger partial charge on any atom is 0.313 e. The number of ketones is 1. The zero-order valence-electron chi connectivity index (χ0n) is 17.4. The highest BCUT2D eigenvalue weighted by Gasteiger charge is 2.42. The first kappa shape index (κ1) is 24.3. The molecule has 0 heterocycles. The van der Waals surface area contributed by atoms with E-state index in [1.54, 1.807) is 0 Å². The van der Waals surface area contributed by atoms with E-state index in [4.69, 9.17) is 10.5 Å². The van der Waals surface area contributed by atoms with E-state index in [-0.39, 0.29) is 43.7 Å². The maximum absolute atomic E-state index is 13.5. The quantitative estimate of drug-likeness (QED) is 0.473. The van der Waals surface area contributed by atoms with Gasteiger partial charge in [-0.15, -0.1) is 12.4 Å². The lowest BCUT2D eigenvalue weighted by atomic mass is 9.73. The van der Waals surface area contributed by atoms with E-state index in [1.165, 1.54) is 0 Å². The largest absolute Gasteiger partial charge is 0.460 e. The lowest BCUT2D eigenvalue weighted by Gasteiger charge is -2.31. The molecule has 3 rings (SSSR count). The summed E-state index contributed by atoms with van der Waals surface area (Å²) < 4.78 is 5.75. The maximum atomic E-state index is 13.5. The molecule has 162 valence electrons. The minimum absolute atomic E-state index is 0. The molecule has 4 nitrogen and oxygen atoms in total. The molecular formula is C26H28ClNO3. The van der Waals surface area contributed by atoms with E-state index in [1.807, 2.05) is 91.0 Å². The third-order valence-corrected chi connectivity index (χ3v) is 5.18. The molecular weight excluding hydrogens is 410 g/mol. The van der Waals surface area contributed by atoms with Crippen molar-refractivity contribution in [3.05, 3.63) is 108 Å². The van der Waals surface area contributed by atoms with Crippen molar-refractivity contribution in [2.45, 2.75) is 25.9 Å². The van der Waals surface area contributed by atoms with Crippen LogP contribution in [0.3, 0.4) is 0 Å². The van der Waals surface area contributed by atoms with Gasteiger partial charge in [0.25, 0.3) is 0 Å². The highest BCUT2D eigenvalue weighted by Crippen LogP contribution is 2.34. The number of hydrogen-bond donors (Lipinski definition) is 1. The predicted molar refractivity (Wildman–Crippen MR) is 125 cm³/mol. The number of Topliss-reactive ketones (excluding diaryl/α,β-unsaturated/α-hetero) is 1. The Balaban J connectivity index is 0.00000341. The Hall–Kier alpha value is -2.95. The lowest BCUT2D eigenvalue weighted by Crippen LogP contribution is -2.40. The molecule has 0 spiro atoms. The van der Waals surface area contributed by atoms with Crippen molar-refractivity contribution in [3.8, 4) is 0 Å². The Kier molecular flexibility index (Phi) is 9.44. The fourth-order valence-corrected chi connectivity index (χ4v) is 3.70. The first-order chi connectivity index (χ1) is 14.6. The topological polar surface area (TPSA) is 69.4 Å². The third-order valence-electron chi connectivity index (χ3n) is 5.18. The van der Waals surface area contributed by atoms with Crippen LogP contribution in [0.5, 0.6) is 0 Å². The second-order valence-corrected chi connectivity index (χ2v) is 7.59. The molecule has 0 saturated carbocycles. The van der Waals surface area contributed by atoms with Gasteiger partial charge in [0.15, 0.2) is 0 Å². The first-order valence-corrected chi connectivity index (χ1v) is 10.1. The average molecular weight is 438 g/mol. The van der Waals surface area contributed by atoms with Gasteiger partial charge in [0, 0.05) is 6.42 Å². The van der Waals surface area contributed by atoms with Crippen molar-refractivity contribution >= 4 is 24.2 Å². The van der Waals surface area contributed by atoms with Gasteiger partial charge in [-0.25, -0.2) is 0 Å². The summed E-state index contributed by atoms with van der Waals surface area (Å²) in [6.45, 7) is 0.0686. The van der Waals surface area contributed by atoms with Crippen LogP contribution in [0.4, 0.5) is 0 Å². The van der Waals surface area contributed by atoms with E-state index in [0.717, 1.165) is 16.7 Å². The summed E-state index contributed by atoms with van der Waals surface area (Å²) in [7, 11) is 0. The van der Waals surface area contributed by atoms with Crippen LogP contribution in [0.15, 0.2) is 91.0 Å². The second kappa shape index (κ2) is 12.0. The number of nitrogens with two attached hydrogens (primary N) is 1. The summed E-state index contributed by atoms with van der Waals surface area (Å²) in [4.78, 5) is 25.9. The summed E-state index contributed by atoms with van der Waals surface area (Å²) in [6, 6.07) is 29.0. The van der Waals surface area contributed by atoms with Crippen LogP contribution >= 0.6 is 12.4 Å². The number of rotatable bonds is 10. The van der Waals surface area contributed by atoms with Crippen LogP contribution in [0.2, 0.25) is 0 Å². The van der Waals surface area contributed by atoms with Gasteiger partial charge in [-0.2, -0.15) is 0 Å². The van der Waals surface area contributed by atoms with Crippen molar-refractivity contribution in [1.82, 2.24) is 0 Å². The molecule has 0 bridgehead atoms. The van der Waals surface area contributed by atoms with Gasteiger partial charge in [-0.05, 0) is 29.5 Å². The van der Waals surface area contributed by atoms with E-state index in [0.29, 0.717) is 12.8 Å². The number of ether oxygens (including phenoxy) is 1. The molecule has 0 aliphatic heterocycles. The van der Waals surface area contributed by atoms with Crippen molar-refractivity contribution in [1.29, 1.82) is 0 Å². The Labute approximate surface area is 189 Å². The molecule has 3 aromatic rings. The summed E-state index contributed by atoms with van der Waals surface area (Å²) >= 11 is 0. The van der Waals surface area contributed by atoms with Crippen molar-refractivity contribution < 1.29 is 14.3 Å². The molecule has 31 heavy (non-hydrogen) atoms. The second-order valence-electron chi connectivity index (χ2n) is 7.59. The lowest BCUT2D eigenvalue weighted by molar-refractivity contribution is -0.159. The van der Waals surface area contributed by atoms with E-state index < -0.39 is 5.41 Å². The van der Waals surface area contributed by atoms with Gasteiger partial charge < -0.3 is 10.5 Å². The van der Waals surface area contributed by atoms with Crippen LogP contribution in [-0.4, -0.2) is 18.3 Å². The third kappa shape index (κ3) is 7.06. The number of esters is 1. The molecule has 2 N–H and O–H groups in total. The van der Waals surface area contributed by atoms with Crippen molar-refractivity contribution in [2.24, 2.45) is 11.1 Å². The van der Waals surface area contributed by atoms with Gasteiger partial charge in [0.2, 0.25) is 0 Å². The molecule has 0 aromatic heterocycles. The van der Waals surface area contributed by atoms with Gasteiger partial charge >= 0.3 is 5.97 Å². The first-order valence-electron chi connectivity index (χ1n) is 10.1. The molecule has 0 saturated heterocycles.